The average molecular weight is 199 g/mol. The molecule has 0 aliphatic rings. The van der Waals surface area contributed by atoms with Gasteiger partial charge in [-0.05, 0) is 45.6 Å². The molecule has 0 aliphatic heterocycles. The SMILES string of the molecule is CCCC(CC(C)C)CC(C)(C)NC. The van der Waals surface area contributed by atoms with Crippen LogP contribution in [0, 0.1) is 11.8 Å². The van der Waals surface area contributed by atoms with Gasteiger partial charge >= 0.3 is 0 Å². The molecule has 1 nitrogen and oxygen atoms in total. The van der Waals surface area contributed by atoms with Crippen molar-refractivity contribution in [2.45, 2.75) is 65.8 Å². The maximum Gasteiger partial charge on any atom is 0.0124 e. The summed E-state index contributed by atoms with van der Waals surface area (Å²) < 4.78 is 0. The van der Waals surface area contributed by atoms with Crippen LogP contribution in [0.25, 0.3) is 0 Å². The van der Waals surface area contributed by atoms with Crippen LogP contribution in [-0.4, -0.2) is 12.6 Å². The highest BCUT2D eigenvalue weighted by molar-refractivity contribution is 4.79. The molecule has 0 fully saturated rings. The molecule has 0 aromatic carbocycles. The Balaban J connectivity index is 4.07. The molecular weight excluding hydrogens is 170 g/mol. The highest BCUT2D eigenvalue weighted by Crippen LogP contribution is 2.26. The van der Waals surface area contributed by atoms with Gasteiger partial charge in [0.25, 0.3) is 0 Å². The second-order valence-corrected chi connectivity index (χ2v) is 5.62. The molecule has 1 atom stereocenters. The minimum absolute atomic E-state index is 0.300. The third-order valence-electron chi connectivity index (χ3n) is 2.98. The van der Waals surface area contributed by atoms with E-state index in [0.29, 0.717) is 5.54 Å². The molecule has 0 aromatic heterocycles. The lowest BCUT2D eigenvalue weighted by atomic mass is 9.83. The van der Waals surface area contributed by atoms with Crippen LogP contribution in [0.15, 0.2) is 0 Å². The first kappa shape index (κ1) is 14.0. The van der Waals surface area contributed by atoms with E-state index >= 15 is 0 Å². The van der Waals surface area contributed by atoms with Crippen molar-refractivity contribution in [3.8, 4) is 0 Å². The first-order valence-electron chi connectivity index (χ1n) is 6.10. The molecule has 86 valence electrons. The Kier molecular flexibility index (Phi) is 6.43. The van der Waals surface area contributed by atoms with E-state index in [-0.39, 0.29) is 0 Å². The summed E-state index contributed by atoms with van der Waals surface area (Å²) in [5.41, 5.74) is 0.300. The van der Waals surface area contributed by atoms with Gasteiger partial charge in [-0.15, -0.1) is 0 Å². The van der Waals surface area contributed by atoms with Gasteiger partial charge in [-0.3, -0.25) is 0 Å². The zero-order chi connectivity index (χ0) is 11.2. The fourth-order valence-corrected chi connectivity index (χ4v) is 2.20. The molecule has 0 aromatic rings. The van der Waals surface area contributed by atoms with E-state index < -0.39 is 0 Å². The fraction of sp³-hybridized carbons (Fsp3) is 1.00. The molecule has 1 unspecified atom stereocenters. The summed E-state index contributed by atoms with van der Waals surface area (Å²) in [4.78, 5) is 0. The van der Waals surface area contributed by atoms with Crippen molar-refractivity contribution in [2.75, 3.05) is 7.05 Å². The molecule has 0 amide bonds. The Bertz CT molecular complexity index is 138. The van der Waals surface area contributed by atoms with Gasteiger partial charge in [-0.2, -0.15) is 0 Å². The van der Waals surface area contributed by atoms with Crippen LogP contribution < -0.4 is 5.32 Å². The number of nitrogens with one attached hydrogen (secondary N) is 1. The van der Waals surface area contributed by atoms with E-state index in [1.807, 2.05) is 0 Å². The van der Waals surface area contributed by atoms with Crippen molar-refractivity contribution in [3.05, 3.63) is 0 Å². The predicted molar refractivity (Wildman–Crippen MR) is 65.6 cm³/mol. The van der Waals surface area contributed by atoms with Gasteiger partial charge in [0.1, 0.15) is 0 Å². The molecule has 0 spiro atoms. The number of hydrogen-bond acceptors (Lipinski definition) is 1. The Labute approximate surface area is 90.7 Å². The zero-order valence-corrected chi connectivity index (χ0v) is 11.0. The lowest BCUT2D eigenvalue weighted by Gasteiger charge is -2.30. The highest BCUT2D eigenvalue weighted by atomic mass is 14.9. The maximum absolute atomic E-state index is 3.40. The van der Waals surface area contributed by atoms with E-state index in [2.05, 4.69) is 47.0 Å². The van der Waals surface area contributed by atoms with Crippen LogP contribution >= 0.6 is 0 Å². The molecule has 1 heteroatoms. The lowest BCUT2D eigenvalue weighted by molar-refractivity contribution is 0.268. The van der Waals surface area contributed by atoms with Crippen molar-refractivity contribution in [3.63, 3.8) is 0 Å². The van der Waals surface area contributed by atoms with Gasteiger partial charge < -0.3 is 5.32 Å². The molecule has 0 saturated carbocycles. The minimum atomic E-state index is 0.300. The second kappa shape index (κ2) is 6.44. The van der Waals surface area contributed by atoms with E-state index in [9.17, 15) is 0 Å². The summed E-state index contributed by atoms with van der Waals surface area (Å²) in [6.07, 6.45) is 5.37. The minimum Gasteiger partial charge on any atom is -0.315 e. The summed E-state index contributed by atoms with van der Waals surface area (Å²) >= 11 is 0. The quantitative estimate of drug-likeness (QED) is 0.657. The van der Waals surface area contributed by atoms with Crippen molar-refractivity contribution in [1.29, 1.82) is 0 Å². The molecule has 0 radical (unpaired) electrons. The average Bonchev–Trinajstić information content (AvgIpc) is 2.03. The molecule has 0 heterocycles. The molecule has 0 bridgehead atoms. The molecule has 14 heavy (non-hydrogen) atoms. The third-order valence-corrected chi connectivity index (χ3v) is 2.98. The first-order chi connectivity index (χ1) is 6.41. The summed E-state index contributed by atoms with van der Waals surface area (Å²) in [6, 6.07) is 0. The molecule has 0 saturated heterocycles. The van der Waals surface area contributed by atoms with E-state index in [1.165, 1.54) is 25.7 Å². The van der Waals surface area contributed by atoms with E-state index in [1.54, 1.807) is 0 Å². The fourth-order valence-electron chi connectivity index (χ4n) is 2.20. The van der Waals surface area contributed by atoms with Crippen molar-refractivity contribution < 1.29 is 0 Å². The molecule has 0 aliphatic carbocycles. The van der Waals surface area contributed by atoms with Crippen LogP contribution in [0.5, 0.6) is 0 Å². The Morgan fingerprint density at radius 2 is 1.79 bits per heavy atom. The molecule has 0 rings (SSSR count). The first-order valence-corrected chi connectivity index (χ1v) is 6.10. The summed E-state index contributed by atoms with van der Waals surface area (Å²) in [6.45, 7) is 11.6. The van der Waals surface area contributed by atoms with Gasteiger partial charge in [0.2, 0.25) is 0 Å². The summed E-state index contributed by atoms with van der Waals surface area (Å²) in [5.74, 6) is 1.72. The van der Waals surface area contributed by atoms with Gasteiger partial charge in [0.15, 0.2) is 0 Å². The number of rotatable bonds is 7. The standard InChI is InChI=1S/C13H29N/c1-7-8-12(9-11(2)3)10-13(4,5)14-6/h11-12,14H,7-10H2,1-6H3. The van der Waals surface area contributed by atoms with Crippen LogP contribution in [-0.2, 0) is 0 Å². The Hall–Kier alpha value is -0.0400. The maximum atomic E-state index is 3.40. The van der Waals surface area contributed by atoms with Crippen LogP contribution in [0.4, 0.5) is 0 Å². The van der Waals surface area contributed by atoms with Crippen molar-refractivity contribution in [2.24, 2.45) is 11.8 Å². The van der Waals surface area contributed by atoms with Gasteiger partial charge in [-0.1, -0.05) is 33.6 Å². The molecular formula is C13H29N. The zero-order valence-electron chi connectivity index (χ0n) is 11.0. The van der Waals surface area contributed by atoms with E-state index in [4.69, 9.17) is 0 Å². The number of hydrogen-bond donors (Lipinski definition) is 1. The smallest absolute Gasteiger partial charge is 0.0124 e. The second-order valence-electron chi connectivity index (χ2n) is 5.62. The summed E-state index contributed by atoms with van der Waals surface area (Å²) in [7, 11) is 2.07. The lowest BCUT2D eigenvalue weighted by Crippen LogP contribution is -2.38. The van der Waals surface area contributed by atoms with Crippen molar-refractivity contribution >= 4 is 0 Å². The van der Waals surface area contributed by atoms with Crippen LogP contribution in [0.2, 0.25) is 0 Å². The van der Waals surface area contributed by atoms with E-state index in [0.717, 1.165) is 11.8 Å². The Morgan fingerprint density at radius 3 is 2.14 bits per heavy atom. The van der Waals surface area contributed by atoms with Crippen LogP contribution in [0.1, 0.15) is 60.3 Å². The van der Waals surface area contributed by atoms with Gasteiger partial charge in [0.05, 0.1) is 0 Å². The third kappa shape index (κ3) is 6.42. The highest BCUT2D eigenvalue weighted by Gasteiger charge is 2.21. The van der Waals surface area contributed by atoms with Gasteiger partial charge in [0, 0.05) is 5.54 Å². The Morgan fingerprint density at radius 1 is 1.21 bits per heavy atom. The van der Waals surface area contributed by atoms with Gasteiger partial charge in [-0.25, -0.2) is 0 Å². The molecule has 1 N–H and O–H groups in total. The summed E-state index contributed by atoms with van der Waals surface area (Å²) in [5, 5.41) is 3.40. The van der Waals surface area contributed by atoms with Crippen LogP contribution in [0.3, 0.4) is 0 Å². The topological polar surface area (TPSA) is 12.0 Å². The predicted octanol–water partition coefficient (Wildman–Crippen LogP) is 3.84. The monoisotopic (exact) mass is 199 g/mol. The normalized spacial score (nSPS) is 14.8. The largest absolute Gasteiger partial charge is 0.315 e. The van der Waals surface area contributed by atoms with Crippen molar-refractivity contribution in [1.82, 2.24) is 5.32 Å².